The number of hydrogen-bond donors (Lipinski definition) is 0. The summed E-state index contributed by atoms with van der Waals surface area (Å²) in [5.74, 6) is -7.87. The number of carbonyl (C=O) groups is 3. The topological polar surface area (TPSA) is 127 Å². The molecule has 0 aromatic rings. The highest BCUT2D eigenvalue weighted by atomic mass is 32.2. The van der Waals surface area contributed by atoms with E-state index in [1.54, 1.807) is 0 Å². The summed E-state index contributed by atoms with van der Waals surface area (Å²) < 4.78 is 107. The summed E-state index contributed by atoms with van der Waals surface area (Å²) in [6, 6.07) is 0. The van der Waals surface area contributed by atoms with Gasteiger partial charge in [0.25, 0.3) is 6.10 Å². The second kappa shape index (κ2) is 7.22. The number of halogens is 5. The average molecular weight is 475 g/mol. The van der Waals surface area contributed by atoms with Crippen LogP contribution < -0.4 is 0 Å². The minimum Gasteiger partial charge on any atom is -0.743 e. The van der Waals surface area contributed by atoms with E-state index in [2.05, 4.69) is 11.3 Å². The Balaban J connectivity index is 1.90. The van der Waals surface area contributed by atoms with Crippen molar-refractivity contribution < 1.29 is 58.8 Å². The standard InChI is InChI=1S/C17H17F5O8S/c1-5(2)9(23)4-7-6-3-8-10(7)13(24)29-12(8)11(6)14(25)30-15(16(18,19)20)17(21,22)31(26,27)28/h6-8,10-12,15H,1,3-4H2,2H3,(H,26,27,28)/p-1. The number of ether oxygens (including phenoxy) is 2. The fourth-order valence-electron chi connectivity index (χ4n) is 4.83. The number of rotatable bonds is 7. The van der Waals surface area contributed by atoms with Gasteiger partial charge in [-0.3, -0.25) is 14.4 Å². The molecule has 2 aliphatic carbocycles. The van der Waals surface area contributed by atoms with Crippen molar-refractivity contribution in [2.75, 3.05) is 0 Å². The maximum absolute atomic E-state index is 13.7. The Morgan fingerprint density at radius 3 is 2.32 bits per heavy atom. The number of esters is 2. The van der Waals surface area contributed by atoms with Crippen LogP contribution in [0.2, 0.25) is 0 Å². The molecule has 2 saturated carbocycles. The van der Waals surface area contributed by atoms with Gasteiger partial charge in [0.05, 0.1) is 11.8 Å². The normalized spacial score (nSPS) is 33.2. The van der Waals surface area contributed by atoms with E-state index in [0.29, 0.717) is 0 Å². The number of fused-ring (bicyclic) bond motifs is 1. The SMILES string of the molecule is C=C(C)C(=O)CC1C2CC3C(OC(=O)C13)C2C(=O)OC(C(F)(F)F)C(F)(F)S(=O)(=O)[O-]. The van der Waals surface area contributed by atoms with Crippen LogP contribution in [0, 0.1) is 29.6 Å². The molecule has 0 amide bonds. The van der Waals surface area contributed by atoms with Crippen LogP contribution in [0.4, 0.5) is 22.0 Å². The maximum atomic E-state index is 13.7. The first kappa shape index (κ1) is 23.6. The van der Waals surface area contributed by atoms with Crippen LogP contribution in [-0.2, 0) is 34.0 Å². The smallest absolute Gasteiger partial charge is 0.432 e. The second-order valence-electron chi connectivity index (χ2n) is 7.96. The van der Waals surface area contributed by atoms with Crippen molar-refractivity contribution >= 4 is 27.8 Å². The number of hydrogen-bond acceptors (Lipinski definition) is 8. The van der Waals surface area contributed by atoms with Crippen LogP contribution in [0.1, 0.15) is 19.8 Å². The molecule has 1 aliphatic heterocycles. The monoisotopic (exact) mass is 475 g/mol. The molecule has 3 rings (SSSR count). The van der Waals surface area contributed by atoms with Crippen molar-refractivity contribution in [3.8, 4) is 0 Å². The molecule has 2 bridgehead atoms. The lowest BCUT2D eigenvalue weighted by molar-refractivity contribution is -0.262. The molecule has 0 spiro atoms. The average Bonchev–Trinajstić information content (AvgIpc) is 3.19. The van der Waals surface area contributed by atoms with Gasteiger partial charge in [-0.1, -0.05) is 6.58 Å². The van der Waals surface area contributed by atoms with Gasteiger partial charge in [0.15, 0.2) is 15.9 Å². The van der Waals surface area contributed by atoms with Gasteiger partial charge in [-0.25, -0.2) is 8.42 Å². The predicted octanol–water partition coefficient (Wildman–Crippen LogP) is 1.56. The Morgan fingerprint density at radius 2 is 1.84 bits per heavy atom. The Morgan fingerprint density at radius 1 is 1.26 bits per heavy atom. The molecule has 0 aromatic carbocycles. The van der Waals surface area contributed by atoms with Crippen LogP contribution >= 0.6 is 0 Å². The molecule has 14 heteroatoms. The molecule has 0 N–H and O–H groups in total. The van der Waals surface area contributed by atoms with Gasteiger partial charge >= 0.3 is 23.4 Å². The molecule has 31 heavy (non-hydrogen) atoms. The third-order valence-corrected chi connectivity index (χ3v) is 7.00. The zero-order valence-electron chi connectivity index (χ0n) is 15.7. The quantitative estimate of drug-likeness (QED) is 0.235. The number of alkyl halides is 5. The van der Waals surface area contributed by atoms with E-state index < -0.39 is 81.1 Å². The highest BCUT2D eigenvalue weighted by molar-refractivity contribution is 7.86. The van der Waals surface area contributed by atoms with E-state index in [-0.39, 0.29) is 18.4 Å². The highest BCUT2D eigenvalue weighted by Gasteiger charge is 2.70. The van der Waals surface area contributed by atoms with Gasteiger partial charge in [0, 0.05) is 12.3 Å². The van der Waals surface area contributed by atoms with E-state index in [9.17, 15) is 49.3 Å². The van der Waals surface area contributed by atoms with Crippen molar-refractivity contribution in [3.63, 3.8) is 0 Å². The molecule has 7 atom stereocenters. The fraction of sp³-hybridized carbons (Fsp3) is 0.706. The van der Waals surface area contributed by atoms with Gasteiger partial charge < -0.3 is 14.0 Å². The highest BCUT2D eigenvalue weighted by Crippen LogP contribution is 2.62. The lowest BCUT2D eigenvalue weighted by Crippen LogP contribution is -2.53. The number of allylic oxidation sites excluding steroid dienone is 1. The Kier molecular flexibility index (Phi) is 5.49. The summed E-state index contributed by atoms with van der Waals surface area (Å²) in [4.78, 5) is 36.7. The van der Waals surface area contributed by atoms with Crippen molar-refractivity contribution in [1.82, 2.24) is 0 Å². The molecule has 1 heterocycles. The van der Waals surface area contributed by atoms with Crippen LogP contribution in [0.25, 0.3) is 0 Å². The lowest BCUT2D eigenvalue weighted by atomic mass is 9.72. The first-order valence-electron chi connectivity index (χ1n) is 8.98. The van der Waals surface area contributed by atoms with E-state index in [0.717, 1.165) is 0 Å². The lowest BCUT2D eigenvalue weighted by Gasteiger charge is -2.34. The summed E-state index contributed by atoms with van der Waals surface area (Å²) in [6.45, 7) is 4.86. The van der Waals surface area contributed by atoms with Gasteiger partial charge in [0.1, 0.15) is 6.10 Å². The molecule has 3 aliphatic rings. The molecule has 0 aromatic heterocycles. The molecule has 8 nitrogen and oxygen atoms in total. The Labute approximate surface area is 172 Å². The summed E-state index contributed by atoms with van der Waals surface area (Å²) in [5.41, 5.74) is 0.141. The van der Waals surface area contributed by atoms with Crippen molar-refractivity contribution in [3.05, 3.63) is 12.2 Å². The van der Waals surface area contributed by atoms with Crippen LogP contribution in [0.15, 0.2) is 12.2 Å². The largest absolute Gasteiger partial charge is 0.743 e. The number of Topliss-reactive ketones (excluding diaryl/α,β-unsaturated/α-hetero) is 1. The van der Waals surface area contributed by atoms with Crippen molar-refractivity contribution in [2.24, 2.45) is 29.6 Å². The third-order valence-electron chi connectivity index (χ3n) is 6.12. The molecule has 0 radical (unpaired) electrons. The number of ketones is 1. The molecular weight excluding hydrogens is 459 g/mol. The fourth-order valence-corrected chi connectivity index (χ4v) is 5.28. The van der Waals surface area contributed by atoms with Crippen molar-refractivity contribution in [2.45, 2.75) is 43.4 Å². The molecule has 7 unspecified atom stereocenters. The van der Waals surface area contributed by atoms with Crippen LogP contribution in [0.5, 0.6) is 0 Å². The zero-order valence-corrected chi connectivity index (χ0v) is 16.5. The van der Waals surface area contributed by atoms with Crippen LogP contribution in [0.3, 0.4) is 0 Å². The van der Waals surface area contributed by atoms with E-state index >= 15 is 0 Å². The maximum Gasteiger partial charge on any atom is 0.432 e. The van der Waals surface area contributed by atoms with Crippen LogP contribution in [-0.4, -0.2) is 54.3 Å². The van der Waals surface area contributed by atoms with Gasteiger partial charge in [-0.05, 0) is 30.8 Å². The first-order chi connectivity index (χ1) is 14.0. The summed E-state index contributed by atoms with van der Waals surface area (Å²) in [6.07, 6.45) is -12.0. The summed E-state index contributed by atoms with van der Waals surface area (Å²) in [5, 5.41) is -5.98. The summed E-state index contributed by atoms with van der Waals surface area (Å²) in [7, 11) is -6.84. The molecular formula is C17H16F5O8S-. The first-order valence-corrected chi connectivity index (χ1v) is 10.4. The van der Waals surface area contributed by atoms with Gasteiger partial charge in [-0.15, -0.1) is 0 Å². The van der Waals surface area contributed by atoms with E-state index in [1.807, 2.05) is 0 Å². The third kappa shape index (κ3) is 3.73. The minimum absolute atomic E-state index is 0.0991. The van der Waals surface area contributed by atoms with Crippen molar-refractivity contribution in [1.29, 1.82) is 0 Å². The van der Waals surface area contributed by atoms with E-state index in [1.165, 1.54) is 6.92 Å². The predicted molar refractivity (Wildman–Crippen MR) is 87.0 cm³/mol. The molecule has 1 saturated heterocycles. The van der Waals surface area contributed by atoms with Gasteiger partial charge in [-0.2, -0.15) is 22.0 Å². The minimum atomic E-state index is -6.84. The molecule has 174 valence electrons. The number of carbonyl (C=O) groups excluding carboxylic acids is 3. The molecule has 3 fully saturated rings. The Bertz CT molecular complexity index is 943. The Hall–Kier alpha value is -2.09. The van der Waals surface area contributed by atoms with Gasteiger partial charge in [0.2, 0.25) is 0 Å². The zero-order chi connectivity index (χ0) is 23.7. The second-order valence-corrected chi connectivity index (χ2v) is 9.41. The summed E-state index contributed by atoms with van der Waals surface area (Å²) >= 11 is 0. The van der Waals surface area contributed by atoms with E-state index in [4.69, 9.17) is 4.74 Å².